The molecule has 2 aliphatic rings. The average molecular weight is 440 g/mol. The minimum absolute atomic E-state index is 0.113. The van der Waals surface area contributed by atoms with Crippen molar-refractivity contribution in [1.82, 2.24) is 0 Å². The second-order valence-electron chi connectivity index (χ2n) is 9.30. The Bertz CT molecular complexity index is 1080. The highest BCUT2D eigenvalue weighted by atomic mass is 31.1. The van der Waals surface area contributed by atoms with Gasteiger partial charge in [-0.05, 0) is 108 Å². The van der Waals surface area contributed by atoms with Crippen LogP contribution in [0.1, 0.15) is 71.5 Å². The molecule has 0 saturated carbocycles. The molecule has 0 bridgehead atoms. The topological polar surface area (TPSA) is 72.8 Å². The van der Waals surface area contributed by atoms with Crippen molar-refractivity contribution >= 4 is 20.1 Å². The van der Waals surface area contributed by atoms with Gasteiger partial charge in [-0.2, -0.15) is 0 Å². The van der Waals surface area contributed by atoms with E-state index >= 15 is 0 Å². The summed E-state index contributed by atoms with van der Waals surface area (Å²) in [5, 5.41) is 10.2. The third kappa shape index (κ3) is 4.02. The summed E-state index contributed by atoms with van der Waals surface area (Å²) in [6, 6.07) is 6.08. The predicted octanol–water partition coefficient (Wildman–Crippen LogP) is 5.57. The van der Waals surface area contributed by atoms with Gasteiger partial charge in [-0.15, -0.1) is 0 Å². The molecule has 2 aliphatic heterocycles. The molecule has 0 amide bonds. The van der Waals surface area contributed by atoms with Crippen molar-refractivity contribution in [1.29, 1.82) is 0 Å². The first-order chi connectivity index (χ1) is 14.6. The Kier molecular flexibility index (Phi) is 5.70. The van der Waals surface area contributed by atoms with E-state index in [1.54, 1.807) is 0 Å². The molecule has 4 rings (SSSR count). The van der Waals surface area contributed by atoms with Crippen LogP contribution in [0.25, 0.3) is 11.1 Å². The summed E-state index contributed by atoms with van der Waals surface area (Å²) in [6.07, 6.45) is 1.46. The monoisotopic (exact) mass is 440 g/mol. The number of aliphatic carboxylic acids is 1. The summed E-state index contributed by atoms with van der Waals surface area (Å²) in [6.45, 7) is 10.1. The highest BCUT2D eigenvalue weighted by Gasteiger charge is 2.36. The van der Waals surface area contributed by atoms with Crippen molar-refractivity contribution in [2.24, 2.45) is 0 Å². The maximum atomic E-state index is 12.7. The Balaban J connectivity index is 2.01. The third-order valence-electron chi connectivity index (χ3n) is 5.99. The van der Waals surface area contributed by atoms with Crippen molar-refractivity contribution < 1.29 is 24.2 Å². The number of hydrogen-bond donors (Lipinski definition) is 1. The molecule has 0 fully saturated rings. The minimum atomic E-state index is -1.16. The predicted molar refractivity (Wildman–Crippen MR) is 123 cm³/mol. The molecule has 6 heteroatoms. The number of carbonyl (C=O) groups is 2. The highest BCUT2D eigenvalue weighted by molar-refractivity contribution is 7.59. The van der Waals surface area contributed by atoms with Crippen LogP contribution in [0, 0.1) is 13.8 Å². The van der Waals surface area contributed by atoms with E-state index in [1.165, 1.54) is 0 Å². The zero-order chi connectivity index (χ0) is 22.5. The van der Waals surface area contributed by atoms with E-state index in [0.717, 1.165) is 64.7 Å². The normalized spacial score (nSPS) is 17.3. The maximum absolute atomic E-state index is 12.7. The van der Waals surface area contributed by atoms with Crippen molar-refractivity contribution in [2.45, 2.75) is 65.3 Å². The van der Waals surface area contributed by atoms with Crippen molar-refractivity contribution in [3.05, 3.63) is 51.6 Å². The molecule has 2 aromatic rings. The summed E-state index contributed by atoms with van der Waals surface area (Å²) < 4.78 is 11.8. The van der Waals surface area contributed by atoms with Gasteiger partial charge in [-0.1, -0.05) is 6.07 Å². The lowest BCUT2D eigenvalue weighted by Gasteiger charge is -2.30. The molecule has 2 heterocycles. The minimum Gasteiger partial charge on any atom is -0.493 e. The molecule has 0 saturated heterocycles. The van der Waals surface area contributed by atoms with E-state index in [4.69, 9.17) is 9.47 Å². The lowest BCUT2D eigenvalue weighted by molar-refractivity contribution is -0.160. The van der Waals surface area contributed by atoms with Crippen LogP contribution in [0.2, 0.25) is 0 Å². The fourth-order valence-corrected chi connectivity index (χ4v) is 5.97. The zero-order valence-corrected chi connectivity index (χ0v) is 19.7. The lowest BCUT2D eigenvalue weighted by Crippen LogP contribution is -2.29. The van der Waals surface area contributed by atoms with E-state index in [-0.39, 0.29) is 14.1 Å². The Hall–Kier alpha value is -2.23. The number of carbonyl (C=O) groups excluding carboxylic acids is 1. The molecule has 5 nitrogen and oxygen atoms in total. The van der Waals surface area contributed by atoms with Gasteiger partial charge in [0.05, 0.1) is 12.2 Å². The Morgan fingerprint density at radius 2 is 1.94 bits per heavy atom. The molecule has 2 unspecified atom stereocenters. The van der Waals surface area contributed by atoms with E-state index in [1.807, 2.05) is 46.8 Å². The molecule has 0 aromatic heterocycles. The first kappa shape index (κ1) is 22.0. The molecule has 0 radical (unpaired) electrons. The summed E-state index contributed by atoms with van der Waals surface area (Å²) in [4.78, 5) is 25.1. The molecule has 1 N–H and O–H groups in total. The molecule has 2 aromatic carbocycles. The van der Waals surface area contributed by atoms with Crippen molar-refractivity contribution in [2.75, 3.05) is 6.61 Å². The Morgan fingerprint density at radius 1 is 1.19 bits per heavy atom. The number of aryl methyl sites for hydroxylation is 1. The molecule has 2 atom stereocenters. The number of ether oxygens (including phenoxy) is 2. The van der Waals surface area contributed by atoms with Crippen LogP contribution in [0.15, 0.2) is 18.2 Å². The van der Waals surface area contributed by atoms with Crippen LogP contribution in [0.3, 0.4) is 0 Å². The Morgan fingerprint density at radius 3 is 2.61 bits per heavy atom. The standard InChI is InChI=1S/C25H29O5P/c1-13-17-12-31-24(28)20(17)14(2)21(22(23(26)27)30-25(3,4)5)19(13)16-8-9-18-15(11-16)7-6-10-29-18/h8-9,11,22,31H,6-7,10,12H2,1-5H3,(H,26,27). The highest BCUT2D eigenvalue weighted by Crippen LogP contribution is 2.47. The smallest absolute Gasteiger partial charge is 0.337 e. The van der Waals surface area contributed by atoms with Gasteiger partial charge in [0.2, 0.25) is 0 Å². The van der Waals surface area contributed by atoms with Crippen LogP contribution in [-0.2, 0) is 22.1 Å². The third-order valence-corrected chi connectivity index (χ3v) is 7.09. The van der Waals surface area contributed by atoms with Gasteiger partial charge >= 0.3 is 5.97 Å². The van der Waals surface area contributed by atoms with E-state index in [2.05, 4.69) is 6.07 Å². The van der Waals surface area contributed by atoms with Crippen molar-refractivity contribution in [3.63, 3.8) is 0 Å². The van der Waals surface area contributed by atoms with Crippen molar-refractivity contribution in [3.8, 4) is 16.9 Å². The molecular weight excluding hydrogens is 411 g/mol. The first-order valence-corrected chi connectivity index (χ1v) is 11.9. The largest absolute Gasteiger partial charge is 0.493 e. The molecule has 0 spiro atoms. The number of carboxylic acid groups (broad SMARTS) is 1. The maximum Gasteiger partial charge on any atom is 0.337 e. The second-order valence-corrected chi connectivity index (χ2v) is 10.5. The number of carboxylic acids is 1. The molecule has 31 heavy (non-hydrogen) atoms. The van der Waals surface area contributed by atoms with E-state index in [9.17, 15) is 14.7 Å². The van der Waals surface area contributed by atoms with Crippen LogP contribution < -0.4 is 4.74 Å². The lowest BCUT2D eigenvalue weighted by atomic mass is 9.82. The fraction of sp³-hybridized carbons (Fsp3) is 0.440. The van der Waals surface area contributed by atoms with Gasteiger partial charge in [0.25, 0.3) is 0 Å². The second kappa shape index (κ2) is 8.03. The number of hydrogen-bond acceptors (Lipinski definition) is 4. The van der Waals surface area contributed by atoms with Gasteiger partial charge in [0.1, 0.15) is 5.75 Å². The number of benzene rings is 2. The SMILES string of the molecule is Cc1c2c(c(C)c(C(OC(C)(C)C)C(=O)O)c1-c1ccc3c(c1)CCCO3)C(=O)PC2. The first-order valence-electron chi connectivity index (χ1n) is 10.7. The summed E-state index contributed by atoms with van der Waals surface area (Å²) in [5.41, 5.74) is 6.47. The van der Waals surface area contributed by atoms with E-state index in [0.29, 0.717) is 11.1 Å². The van der Waals surface area contributed by atoms with Crippen LogP contribution >= 0.6 is 8.58 Å². The van der Waals surface area contributed by atoms with E-state index < -0.39 is 17.7 Å². The zero-order valence-electron chi connectivity index (χ0n) is 18.7. The van der Waals surface area contributed by atoms with Gasteiger partial charge < -0.3 is 14.6 Å². The number of fused-ring (bicyclic) bond motifs is 2. The van der Waals surface area contributed by atoms with Gasteiger partial charge in [-0.3, -0.25) is 4.79 Å². The van der Waals surface area contributed by atoms with Gasteiger partial charge in [0, 0.05) is 11.1 Å². The summed E-state index contributed by atoms with van der Waals surface area (Å²) in [5.74, 6) is -0.155. The number of rotatable bonds is 4. The van der Waals surface area contributed by atoms with Gasteiger partial charge in [-0.25, -0.2) is 4.79 Å². The average Bonchev–Trinajstić information content (AvgIpc) is 3.10. The molecule has 0 aliphatic carbocycles. The van der Waals surface area contributed by atoms with Gasteiger partial charge in [0.15, 0.2) is 11.6 Å². The Labute approximate surface area is 184 Å². The quantitative estimate of drug-likeness (QED) is 0.630. The van der Waals surface area contributed by atoms with Crippen LogP contribution in [-0.4, -0.2) is 28.8 Å². The summed E-state index contributed by atoms with van der Waals surface area (Å²) >= 11 is 0. The molecule has 164 valence electrons. The van der Waals surface area contributed by atoms with Crippen LogP contribution in [0.4, 0.5) is 0 Å². The fourth-order valence-electron chi connectivity index (χ4n) is 4.68. The summed E-state index contributed by atoms with van der Waals surface area (Å²) in [7, 11) is 0.199. The molecular formula is C25H29O5P. The van der Waals surface area contributed by atoms with Crippen LogP contribution in [0.5, 0.6) is 5.75 Å².